The summed E-state index contributed by atoms with van der Waals surface area (Å²) in [5.41, 5.74) is 1.55. The smallest absolute Gasteiger partial charge is 0.225 e. The van der Waals surface area contributed by atoms with Gasteiger partial charge in [0.25, 0.3) is 0 Å². The average molecular weight is 410 g/mol. The average Bonchev–Trinajstić information content (AvgIpc) is 3.09. The van der Waals surface area contributed by atoms with Crippen LogP contribution >= 0.6 is 0 Å². The van der Waals surface area contributed by atoms with E-state index in [0.717, 1.165) is 41.3 Å². The molecule has 30 heavy (non-hydrogen) atoms. The molecule has 0 bridgehead atoms. The van der Waals surface area contributed by atoms with Crippen LogP contribution in [0.5, 0.6) is 11.5 Å². The normalized spacial score (nSPS) is 12.6. The number of rotatable bonds is 8. The lowest BCUT2D eigenvalue weighted by Crippen LogP contribution is -2.37. The van der Waals surface area contributed by atoms with Gasteiger partial charge in [0, 0.05) is 12.0 Å². The summed E-state index contributed by atoms with van der Waals surface area (Å²) in [6.07, 6.45) is 0.819. The molecule has 0 fully saturated rings. The molecule has 0 saturated carbocycles. The van der Waals surface area contributed by atoms with Gasteiger partial charge in [-0.1, -0.05) is 32.9 Å². The molecular weight excluding hydrogens is 378 g/mol. The van der Waals surface area contributed by atoms with Gasteiger partial charge in [-0.3, -0.25) is 4.79 Å². The van der Waals surface area contributed by atoms with Crippen molar-refractivity contribution >= 4 is 16.9 Å². The minimum Gasteiger partial charge on any atom is -0.497 e. The molecule has 0 saturated heterocycles. The monoisotopic (exact) mass is 409 g/mol. The molecule has 0 aliphatic rings. The summed E-state index contributed by atoms with van der Waals surface area (Å²) in [4.78, 5) is 17.3. The predicted octanol–water partition coefficient (Wildman–Crippen LogP) is 4.74. The molecule has 0 spiro atoms. The molecule has 1 atom stereocenters. The summed E-state index contributed by atoms with van der Waals surface area (Å²) >= 11 is 0. The number of nitrogens with one attached hydrogen (secondary N) is 1. The molecule has 1 N–H and O–H groups in total. The number of benzene rings is 2. The van der Waals surface area contributed by atoms with E-state index in [-0.39, 0.29) is 11.9 Å². The third-order valence-electron chi connectivity index (χ3n) is 4.95. The Labute approximate surface area is 178 Å². The van der Waals surface area contributed by atoms with Gasteiger partial charge >= 0.3 is 0 Å². The number of aromatic nitrogens is 2. The van der Waals surface area contributed by atoms with Crippen LogP contribution in [0.25, 0.3) is 11.0 Å². The van der Waals surface area contributed by atoms with Crippen LogP contribution < -0.4 is 14.8 Å². The van der Waals surface area contributed by atoms with Crippen LogP contribution in [0.4, 0.5) is 0 Å². The van der Waals surface area contributed by atoms with Crippen molar-refractivity contribution in [3.8, 4) is 11.5 Å². The molecule has 1 amide bonds. The number of carbonyl (C=O) groups excluding carboxylic acids is 1. The molecule has 2 aromatic carbocycles. The first kappa shape index (κ1) is 21.7. The van der Waals surface area contributed by atoms with E-state index in [4.69, 9.17) is 14.5 Å². The molecule has 0 aliphatic heterocycles. The SMILES string of the molecule is COc1ccc(OCCCn2c(C(C)NC(=O)C(C)(C)C)nc3ccccc32)cc1. The Morgan fingerprint density at radius 3 is 2.43 bits per heavy atom. The van der Waals surface area contributed by atoms with E-state index in [1.165, 1.54) is 0 Å². The second-order valence-electron chi connectivity index (χ2n) is 8.43. The van der Waals surface area contributed by atoms with Crippen LogP contribution in [0, 0.1) is 5.41 Å². The van der Waals surface area contributed by atoms with E-state index in [9.17, 15) is 4.79 Å². The summed E-state index contributed by atoms with van der Waals surface area (Å²) < 4.78 is 13.2. The Hall–Kier alpha value is -3.02. The molecule has 6 nitrogen and oxygen atoms in total. The van der Waals surface area contributed by atoms with E-state index in [2.05, 4.69) is 16.0 Å². The molecule has 3 rings (SSSR count). The number of fused-ring (bicyclic) bond motifs is 1. The minimum absolute atomic E-state index is 0.0106. The van der Waals surface area contributed by atoms with E-state index >= 15 is 0 Å². The van der Waals surface area contributed by atoms with E-state index in [1.54, 1.807) is 7.11 Å². The maximum atomic E-state index is 12.5. The Morgan fingerprint density at radius 2 is 1.77 bits per heavy atom. The van der Waals surface area contributed by atoms with Gasteiger partial charge in [0.2, 0.25) is 5.91 Å². The number of carbonyl (C=O) groups is 1. The molecule has 1 heterocycles. The van der Waals surface area contributed by atoms with Crippen molar-refractivity contribution in [3.63, 3.8) is 0 Å². The molecule has 6 heteroatoms. The number of nitrogens with zero attached hydrogens (tertiary/aromatic N) is 2. The van der Waals surface area contributed by atoms with Crippen molar-refractivity contribution in [1.82, 2.24) is 14.9 Å². The number of amides is 1. The first-order valence-corrected chi connectivity index (χ1v) is 10.3. The van der Waals surface area contributed by atoms with E-state index < -0.39 is 5.41 Å². The van der Waals surface area contributed by atoms with Crippen LogP contribution in [-0.2, 0) is 11.3 Å². The quantitative estimate of drug-likeness (QED) is 0.546. The highest BCUT2D eigenvalue weighted by atomic mass is 16.5. The summed E-state index contributed by atoms with van der Waals surface area (Å²) in [7, 11) is 1.65. The highest BCUT2D eigenvalue weighted by molar-refractivity contribution is 5.82. The Bertz CT molecular complexity index is 987. The van der Waals surface area contributed by atoms with Crippen molar-refractivity contribution < 1.29 is 14.3 Å². The highest BCUT2D eigenvalue weighted by Gasteiger charge is 2.25. The first-order valence-electron chi connectivity index (χ1n) is 10.3. The summed E-state index contributed by atoms with van der Waals surface area (Å²) in [5.74, 6) is 2.50. The zero-order chi connectivity index (χ0) is 21.7. The fraction of sp³-hybridized carbons (Fsp3) is 0.417. The number of aryl methyl sites for hydroxylation is 1. The lowest BCUT2D eigenvalue weighted by molar-refractivity contribution is -0.129. The lowest BCUT2D eigenvalue weighted by Gasteiger charge is -2.22. The first-order chi connectivity index (χ1) is 14.3. The van der Waals surface area contributed by atoms with E-state index in [1.807, 2.05) is 70.2 Å². The Balaban J connectivity index is 1.70. The van der Waals surface area contributed by atoms with E-state index in [0.29, 0.717) is 6.61 Å². The van der Waals surface area contributed by atoms with Gasteiger partial charge in [0.15, 0.2) is 0 Å². The summed E-state index contributed by atoms with van der Waals surface area (Å²) in [6.45, 7) is 9.05. The van der Waals surface area contributed by atoms with Gasteiger partial charge in [-0.25, -0.2) is 4.98 Å². The standard InChI is InChI=1S/C24H31N3O3/c1-17(25-23(28)24(2,3)4)22-26-20-9-6-7-10-21(20)27(22)15-8-16-30-19-13-11-18(29-5)12-14-19/h6-7,9-14,17H,8,15-16H2,1-5H3,(H,25,28). The number of methoxy groups -OCH3 is 1. The van der Waals surface area contributed by atoms with Crippen molar-refractivity contribution in [2.24, 2.45) is 5.41 Å². The third-order valence-corrected chi connectivity index (χ3v) is 4.95. The van der Waals surface area contributed by atoms with Crippen LogP contribution in [0.15, 0.2) is 48.5 Å². The maximum Gasteiger partial charge on any atom is 0.225 e. The molecule has 1 unspecified atom stereocenters. The topological polar surface area (TPSA) is 65.4 Å². The minimum atomic E-state index is -0.447. The van der Waals surface area contributed by atoms with Gasteiger partial charge in [-0.2, -0.15) is 0 Å². The number of para-hydroxylation sites is 2. The van der Waals surface area contributed by atoms with Gasteiger partial charge in [-0.05, 0) is 49.7 Å². The Kier molecular flexibility index (Phi) is 6.65. The Morgan fingerprint density at radius 1 is 1.10 bits per heavy atom. The van der Waals surface area contributed by atoms with Crippen LogP contribution in [0.3, 0.4) is 0 Å². The molecule has 1 aromatic heterocycles. The van der Waals surface area contributed by atoms with Gasteiger partial charge in [0.1, 0.15) is 17.3 Å². The summed E-state index contributed by atoms with van der Waals surface area (Å²) in [5, 5.41) is 3.10. The highest BCUT2D eigenvalue weighted by Crippen LogP contribution is 2.23. The van der Waals surface area contributed by atoms with Crippen LogP contribution in [-0.4, -0.2) is 29.2 Å². The molecule has 0 radical (unpaired) electrons. The lowest BCUT2D eigenvalue weighted by atomic mass is 9.95. The largest absolute Gasteiger partial charge is 0.497 e. The predicted molar refractivity (Wildman–Crippen MR) is 119 cm³/mol. The number of ether oxygens (including phenoxy) is 2. The van der Waals surface area contributed by atoms with Crippen LogP contribution in [0.1, 0.15) is 46.0 Å². The fourth-order valence-electron chi connectivity index (χ4n) is 3.22. The second kappa shape index (κ2) is 9.20. The fourth-order valence-corrected chi connectivity index (χ4v) is 3.22. The molecule has 0 aliphatic carbocycles. The summed E-state index contributed by atoms with van der Waals surface area (Å²) in [6, 6.07) is 15.4. The molecule has 160 valence electrons. The zero-order valence-corrected chi connectivity index (χ0v) is 18.4. The van der Waals surface area contributed by atoms with Crippen molar-refractivity contribution in [3.05, 3.63) is 54.4 Å². The van der Waals surface area contributed by atoms with Crippen molar-refractivity contribution in [1.29, 1.82) is 0 Å². The molecular formula is C24H31N3O3. The number of hydrogen-bond donors (Lipinski definition) is 1. The van der Waals surface area contributed by atoms with Gasteiger partial charge in [0.05, 0.1) is 30.8 Å². The van der Waals surface area contributed by atoms with Crippen molar-refractivity contribution in [2.75, 3.05) is 13.7 Å². The van der Waals surface area contributed by atoms with Gasteiger partial charge < -0.3 is 19.4 Å². The third kappa shape index (κ3) is 5.12. The number of hydrogen-bond acceptors (Lipinski definition) is 4. The number of imidazole rings is 1. The second-order valence-corrected chi connectivity index (χ2v) is 8.43. The van der Waals surface area contributed by atoms with Crippen LogP contribution in [0.2, 0.25) is 0 Å². The maximum absolute atomic E-state index is 12.5. The van der Waals surface area contributed by atoms with Gasteiger partial charge in [-0.15, -0.1) is 0 Å². The molecule has 3 aromatic rings. The van der Waals surface area contributed by atoms with Crippen molar-refractivity contribution in [2.45, 2.75) is 46.7 Å². The zero-order valence-electron chi connectivity index (χ0n) is 18.4.